The molecule has 9 heteroatoms. The number of carbonyl (C=O) groups excluding carboxylic acids is 1. The number of nitro groups is 1. The monoisotopic (exact) mass is 440 g/mol. The fraction of sp³-hybridized carbons (Fsp3) is 0.318. The first kappa shape index (κ1) is 22.5. The van der Waals surface area contributed by atoms with Crippen molar-refractivity contribution in [3.05, 3.63) is 69.0 Å². The average molecular weight is 441 g/mol. The molecule has 0 aliphatic rings. The number of benzene rings is 2. The topological polar surface area (TPSA) is 98.3 Å². The molecule has 0 fully saturated rings. The fourth-order valence-electron chi connectivity index (χ4n) is 3.53. The van der Waals surface area contributed by atoms with E-state index in [9.17, 15) is 19.7 Å². The molecule has 0 aliphatic heterocycles. The lowest BCUT2D eigenvalue weighted by molar-refractivity contribution is -0.384. The predicted molar refractivity (Wildman–Crippen MR) is 122 cm³/mol. The minimum Gasteiger partial charge on any atom is -0.337 e. The summed E-state index contributed by atoms with van der Waals surface area (Å²) < 4.78 is 1.40. The Morgan fingerprint density at radius 2 is 1.71 bits per heavy atom. The van der Waals surface area contributed by atoms with E-state index >= 15 is 0 Å². The number of para-hydroxylation sites is 1. The third-order valence-electron chi connectivity index (χ3n) is 4.79. The van der Waals surface area contributed by atoms with Crippen LogP contribution in [0.4, 0.5) is 5.69 Å². The van der Waals surface area contributed by atoms with Gasteiger partial charge in [-0.1, -0.05) is 23.9 Å². The first-order valence-corrected chi connectivity index (χ1v) is 10.9. The summed E-state index contributed by atoms with van der Waals surface area (Å²) in [5, 5.41) is 11.8. The van der Waals surface area contributed by atoms with Crippen LogP contribution in [-0.4, -0.2) is 43.1 Å². The van der Waals surface area contributed by atoms with E-state index in [4.69, 9.17) is 0 Å². The number of aromatic nitrogens is 2. The molecule has 1 aromatic heterocycles. The highest BCUT2D eigenvalue weighted by molar-refractivity contribution is 7.99. The molecule has 2 aromatic carbocycles. The zero-order chi connectivity index (χ0) is 22.7. The van der Waals surface area contributed by atoms with Gasteiger partial charge in [-0.3, -0.25) is 24.3 Å². The highest BCUT2D eigenvalue weighted by atomic mass is 32.2. The minimum atomic E-state index is -0.494. The van der Waals surface area contributed by atoms with Gasteiger partial charge in [0.15, 0.2) is 5.16 Å². The molecule has 0 aliphatic carbocycles. The lowest BCUT2D eigenvalue weighted by Gasteiger charge is -2.30. The van der Waals surface area contributed by atoms with Crippen molar-refractivity contribution in [2.24, 2.45) is 0 Å². The molecule has 31 heavy (non-hydrogen) atoms. The molecule has 8 nitrogen and oxygen atoms in total. The number of amides is 1. The van der Waals surface area contributed by atoms with Gasteiger partial charge in [0, 0.05) is 24.2 Å². The first-order chi connectivity index (χ1) is 14.7. The van der Waals surface area contributed by atoms with E-state index in [0.29, 0.717) is 21.7 Å². The van der Waals surface area contributed by atoms with Crippen LogP contribution in [0.5, 0.6) is 0 Å². The van der Waals surface area contributed by atoms with Crippen LogP contribution in [0.3, 0.4) is 0 Å². The largest absolute Gasteiger partial charge is 0.337 e. The van der Waals surface area contributed by atoms with Gasteiger partial charge in [-0.25, -0.2) is 4.98 Å². The van der Waals surface area contributed by atoms with Crippen LogP contribution in [0.25, 0.3) is 16.6 Å². The number of carbonyl (C=O) groups is 1. The van der Waals surface area contributed by atoms with Crippen LogP contribution in [-0.2, 0) is 4.79 Å². The Bertz CT molecular complexity index is 1160. The van der Waals surface area contributed by atoms with Crippen molar-refractivity contribution >= 4 is 34.3 Å². The van der Waals surface area contributed by atoms with Gasteiger partial charge >= 0.3 is 0 Å². The van der Waals surface area contributed by atoms with E-state index in [-0.39, 0.29) is 35.0 Å². The maximum absolute atomic E-state index is 13.2. The van der Waals surface area contributed by atoms with E-state index in [1.165, 1.54) is 40.6 Å². The Balaban J connectivity index is 2.05. The van der Waals surface area contributed by atoms with Crippen LogP contribution >= 0.6 is 11.8 Å². The quantitative estimate of drug-likeness (QED) is 0.238. The average Bonchev–Trinajstić information content (AvgIpc) is 2.72. The minimum absolute atomic E-state index is 0.0485. The summed E-state index contributed by atoms with van der Waals surface area (Å²) in [6.07, 6.45) is 0. The molecule has 1 heterocycles. The van der Waals surface area contributed by atoms with Crippen LogP contribution in [0.15, 0.2) is 58.5 Å². The van der Waals surface area contributed by atoms with Crippen molar-refractivity contribution in [3.63, 3.8) is 0 Å². The standard InChI is InChI=1S/C22H24N4O4S/c1-14(2)24(15(3)4)20(27)13-31-22-23-19-8-6-5-7-18(19)21(28)25(22)16-9-11-17(12-10-16)26(29)30/h5-12,14-15H,13H2,1-4H3. The molecule has 3 aromatic rings. The van der Waals surface area contributed by atoms with E-state index in [1.54, 1.807) is 29.2 Å². The number of hydrogen-bond donors (Lipinski definition) is 0. The second-order valence-electron chi connectivity index (χ2n) is 7.60. The number of thioether (sulfide) groups is 1. The van der Waals surface area contributed by atoms with E-state index in [2.05, 4.69) is 4.98 Å². The van der Waals surface area contributed by atoms with Crippen LogP contribution in [0, 0.1) is 10.1 Å². The molecule has 0 N–H and O–H groups in total. The van der Waals surface area contributed by atoms with Gasteiger partial charge in [0.25, 0.3) is 11.2 Å². The molecule has 0 atom stereocenters. The number of rotatable bonds is 7. The van der Waals surface area contributed by atoms with Crippen molar-refractivity contribution in [1.82, 2.24) is 14.5 Å². The Hall–Kier alpha value is -3.20. The molecular weight excluding hydrogens is 416 g/mol. The summed E-state index contributed by atoms with van der Waals surface area (Å²) in [5.41, 5.74) is 0.622. The fourth-order valence-corrected chi connectivity index (χ4v) is 4.42. The van der Waals surface area contributed by atoms with Gasteiger partial charge in [0.2, 0.25) is 5.91 Å². The number of hydrogen-bond acceptors (Lipinski definition) is 6. The van der Waals surface area contributed by atoms with Crippen LogP contribution < -0.4 is 5.56 Å². The highest BCUT2D eigenvalue weighted by Gasteiger charge is 2.22. The maximum atomic E-state index is 13.2. The molecule has 0 saturated heterocycles. The van der Waals surface area contributed by atoms with Crippen LogP contribution in [0.1, 0.15) is 27.7 Å². The third-order valence-corrected chi connectivity index (χ3v) is 5.71. The van der Waals surface area contributed by atoms with Crippen molar-refractivity contribution in [1.29, 1.82) is 0 Å². The van der Waals surface area contributed by atoms with Crippen LogP contribution in [0.2, 0.25) is 0 Å². The first-order valence-electron chi connectivity index (χ1n) is 9.91. The van der Waals surface area contributed by atoms with Crippen molar-refractivity contribution in [2.75, 3.05) is 5.75 Å². The summed E-state index contributed by atoms with van der Waals surface area (Å²) >= 11 is 1.18. The molecule has 0 unspecified atom stereocenters. The molecule has 0 saturated carbocycles. The zero-order valence-electron chi connectivity index (χ0n) is 17.8. The van der Waals surface area contributed by atoms with Gasteiger partial charge in [0.05, 0.1) is 27.3 Å². The van der Waals surface area contributed by atoms with Crippen molar-refractivity contribution < 1.29 is 9.72 Å². The van der Waals surface area contributed by atoms with Gasteiger partial charge in [-0.05, 0) is 52.0 Å². The van der Waals surface area contributed by atoms with E-state index in [1.807, 2.05) is 27.7 Å². The smallest absolute Gasteiger partial charge is 0.269 e. The Kier molecular flexibility index (Phi) is 6.74. The van der Waals surface area contributed by atoms with E-state index in [0.717, 1.165) is 0 Å². The SMILES string of the molecule is CC(C)N(C(=O)CSc1nc2ccccc2c(=O)n1-c1ccc([N+](=O)[O-])cc1)C(C)C. The second kappa shape index (κ2) is 9.30. The summed E-state index contributed by atoms with van der Waals surface area (Å²) in [5.74, 6) is 0.0707. The Morgan fingerprint density at radius 3 is 2.29 bits per heavy atom. The molecule has 162 valence electrons. The summed E-state index contributed by atoms with van der Waals surface area (Å²) in [4.78, 5) is 43.0. The van der Waals surface area contributed by atoms with Gasteiger partial charge < -0.3 is 4.90 Å². The Labute approximate surface area is 184 Å². The van der Waals surface area contributed by atoms with Gasteiger partial charge in [0.1, 0.15) is 0 Å². The number of non-ortho nitro benzene ring substituents is 1. The van der Waals surface area contributed by atoms with Crippen molar-refractivity contribution in [3.8, 4) is 5.69 Å². The van der Waals surface area contributed by atoms with Gasteiger partial charge in [-0.2, -0.15) is 0 Å². The van der Waals surface area contributed by atoms with Gasteiger partial charge in [-0.15, -0.1) is 0 Å². The summed E-state index contributed by atoms with van der Waals surface area (Å²) in [6.45, 7) is 7.85. The third kappa shape index (κ3) is 4.77. The highest BCUT2D eigenvalue weighted by Crippen LogP contribution is 2.23. The maximum Gasteiger partial charge on any atom is 0.269 e. The predicted octanol–water partition coefficient (Wildman–Crippen LogP) is 4.03. The molecule has 0 radical (unpaired) electrons. The number of nitrogens with zero attached hydrogens (tertiary/aromatic N) is 4. The Morgan fingerprint density at radius 1 is 1.10 bits per heavy atom. The molecule has 0 bridgehead atoms. The lowest BCUT2D eigenvalue weighted by Crippen LogP contribution is -2.43. The summed E-state index contributed by atoms with van der Waals surface area (Å²) in [7, 11) is 0. The second-order valence-corrected chi connectivity index (χ2v) is 8.55. The van der Waals surface area contributed by atoms with Crippen molar-refractivity contribution in [2.45, 2.75) is 44.9 Å². The molecular formula is C22H24N4O4S. The normalized spacial score (nSPS) is 11.3. The number of fused-ring (bicyclic) bond motifs is 1. The lowest BCUT2D eigenvalue weighted by atomic mass is 10.2. The number of nitro benzene ring substituents is 1. The van der Waals surface area contributed by atoms with E-state index < -0.39 is 4.92 Å². The molecule has 3 rings (SSSR count). The zero-order valence-corrected chi connectivity index (χ0v) is 18.6. The molecule has 1 amide bonds. The summed E-state index contributed by atoms with van der Waals surface area (Å²) in [6, 6.07) is 12.8. The molecule has 0 spiro atoms.